The van der Waals surface area contributed by atoms with Crippen LogP contribution in [0.2, 0.25) is 0 Å². The summed E-state index contributed by atoms with van der Waals surface area (Å²) in [6.45, 7) is 0.600. The number of nitrogens with zero attached hydrogens (tertiary/aromatic N) is 1. The molecular formula is C12H19N3O3. The van der Waals surface area contributed by atoms with E-state index in [-0.39, 0.29) is 13.2 Å². The Kier molecular flexibility index (Phi) is 4.22. The highest BCUT2D eigenvalue weighted by Gasteiger charge is 2.22. The molecular weight excluding hydrogens is 234 g/mol. The number of ether oxygens (including phenoxy) is 1. The quantitative estimate of drug-likeness (QED) is 0.554. The van der Waals surface area contributed by atoms with E-state index >= 15 is 0 Å². The molecule has 0 saturated heterocycles. The zero-order chi connectivity index (χ0) is 13.0. The van der Waals surface area contributed by atoms with E-state index in [2.05, 4.69) is 10.3 Å². The van der Waals surface area contributed by atoms with Gasteiger partial charge in [0.2, 0.25) is 5.88 Å². The van der Waals surface area contributed by atoms with Crippen molar-refractivity contribution in [3.8, 4) is 5.88 Å². The van der Waals surface area contributed by atoms with Crippen LogP contribution in [0.3, 0.4) is 0 Å². The molecule has 5 N–H and O–H groups in total. The Bertz CT molecular complexity index is 396. The largest absolute Gasteiger partial charge is 0.476 e. The van der Waals surface area contributed by atoms with Crippen LogP contribution in [0.25, 0.3) is 0 Å². The van der Waals surface area contributed by atoms with Gasteiger partial charge in [0, 0.05) is 6.54 Å². The molecule has 1 aliphatic rings. The van der Waals surface area contributed by atoms with Gasteiger partial charge in [-0.1, -0.05) is 0 Å². The molecule has 0 spiro atoms. The Hall–Kier alpha value is -1.53. The predicted octanol–water partition coefficient (Wildman–Crippen LogP) is 0.218. The zero-order valence-corrected chi connectivity index (χ0v) is 10.2. The second-order valence-electron chi connectivity index (χ2n) is 4.56. The number of nitrogens with one attached hydrogen (secondary N) is 1. The molecule has 1 aromatic heterocycles. The lowest BCUT2D eigenvalue weighted by Crippen LogP contribution is -2.23. The Morgan fingerprint density at radius 2 is 2.28 bits per heavy atom. The van der Waals surface area contributed by atoms with Gasteiger partial charge in [0.1, 0.15) is 5.82 Å². The smallest absolute Gasteiger partial charge is 0.239 e. The molecule has 1 fully saturated rings. The van der Waals surface area contributed by atoms with Crippen LogP contribution in [0.4, 0.5) is 11.5 Å². The summed E-state index contributed by atoms with van der Waals surface area (Å²) < 4.78 is 5.55. The second-order valence-corrected chi connectivity index (χ2v) is 4.56. The highest BCUT2D eigenvalue weighted by atomic mass is 16.5. The van der Waals surface area contributed by atoms with Gasteiger partial charge in [-0.3, -0.25) is 0 Å². The third-order valence-electron chi connectivity index (χ3n) is 2.77. The summed E-state index contributed by atoms with van der Waals surface area (Å²) >= 11 is 0. The first kappa shape index (κ1) is 12.9. The molecule has 6 nitrogen and oxygen atoms in total. The maximum absolute atomic E-state index is 9.23. The van der Waals surface area contributed by atoms with Crippen LogP contribution in [0.5, 0.6) is 5.88 Å². The van der Waals surface area contributed by atoms with Crippen LogP contribution in [0, 0.1) is 5.92 Å². The predicted molar refractivity (Wildman–Crippen MR) is 68.5 cm³/mol. The molecule has 6 heteroatoms. The molecule has 0 aliphatic heterocycles. The van der Waals surface area contributed by atoms with Crippen LogP contribution in [0.1, 0.15) is 12.8 Å². The molecule has 18 heavy (non-hydrogen) atoms. The Morgan fingerprint density at radius 1 is 1.50 bits per heavy atom. The van der Waals surface area contributed by atoms with E-state index < -0.39 is 6.10 Å². The fourth-order valence-electron chi connectivity index (χ4n) is 1.43. The molecule has 0 amide bonds. The zero-order valence-electron chi connectivity index (χ0n) is 10.2. The third kappa shape index (κ3) is 3.75. The second kappa shape index (κ2) is 5.88. The number of aliphatic hydroxyl groups excluding tert-OH is 2. The minimum Gasteiger partial charge on any atom is -0.476 e. The number of pyridine rings is 1. The Balaban J connectivity index is 1.91. The van der Waals surface area contributed by atoms with Gasteiger partial charge in [0.15, 0.2) is 0 Å². The number of aliphatic hydroxyl groups is 2. The van der Waals surface area contributed by atoms with E-state index in [1.165, 1.54) is 12.8 Å². The molecule has 1 unspecified atom stereocenters. The molecule has 100 valence electrons. The number of rotatable bonds is 7. The van der Waals surface area contributed by atoms with Crippen molar-refractivity contribution >= 4 is 11.5 Å². The van der Waals surface area contributed by atoms with Gasteiger partial charge in [0.05, 0.1) is 25.0 Å². The van der Waals surface area contributed by atoms with Crippen molar-refractivity contribution in [2.24, 2.45) is 5.92 Å². The highest BCUT2D eigenvalue weighted by molar-refractivity contribution is 5.53. The molecule has 1 aromatic rings. The molecule has 1 heterocycles. The maximum Gasteiger partial charge on any atom is 0.239 e. The first-order chi connectivity index (χ1) is 8.69. The first-order valence-electron chi connectivity index (χ1n) is 6.11. The van der Waals surface area contributed by atoms with E-state index in [0.29, 0.717) is 29.9 Å². The van der Waals surface area contributed by atoms with Crippen molar-refractivity contribution in [2.75, 3.05) is 30.8 Å². The normalized spacial score (nSPS) is 16.3. The van der Waals surface area contributed by atoms with E-state index in [4.69, 9.17) is 15.6 Å². The maximum atomic E-state index is 9.23. The minimum absolute atomic E-state index is 0.232. The number of aromatic nitrogens is 1. The average molecular weight is 253 g/mol. The van der Waals surface area contributed by atoms with Gasteiger partial charge in [-0.15, -0.1) is 0 Å². The van der Waals surface area contributed by atoms with Gasteiger partial charge in [-0.25, -0.2) is 0 Å². The Morgan fingerprint density at radius 3 is 2.94 bits per heavy atom. The number of hydrogen-bond acceptors (Lipinski definition) is 6. The van der Waals surface area contributed by atoms with Crippen molar-refractivity contribution in [1.29, 1.82) is 0 Å². The van der Waals surface area contributed by atoms with Crippen molar-refractivity contribution in [2.45, 2.75) is 18.9 Å². The molecule has 0 bridgehead atoms. The summed E-state index contributed by atoms with van der Waals surface area (Å²) in [7, 11) is 0. The average Bonchev–Trinajstić information content (AvgIpc) is 3.19. The van der Waals surface area contributed by atoms with Gasteiger partial charge in [0.25, 0.3) is 0 Å². The molecule has 2 rings (SSSR count). The van der Waals surface area contributed by atoms with Crippen molar-refractivity contribution in [3.63, 3.8) is 0 Å². The summed E-state index contributed by atoms with van der Waals surface area (Å²) in [6, 6.07) is 3.42. The SMILES string of the molecule is Nc1ccc(NCC(O)CO)nc1OCC1CC1. The fourth-order valence-corrected chi connectivity index (χ4v) is 1.43. The number of anilines is 2. The van der Waals surface area contributed by atoms with Crippen LogP contribution in [-0.2, 0) is 0 Å². The van der Waals surface area contributed by atoms with E-state index in [9.17, 15) is 5.11 Å². The monoisotopic (exact) mass is 253 g/mol. The van der Waals surface area contributed by atoms with Crippen molar-refractivity contribution in [3.05, 3.63) is 12.1 Å². The Labute approximate surface area is 106 Å². The third-order valence-corrected chi connectivity index (χ3v) is 2.77. The summed E-state index contributed by atoms with van der Waals surface area (Å²) in [4.78, 5) is 4.23. The molecule has 1 aliphatic carbocycles. The van der Waals surface area contributed by atoms with E-state index in [1.54, 1.807) is 12.1 Å². The number of nitrogen functional groups attached to an aromatic ring is 1. The van der Waals surface area contributed by atoms with Crippen molar-refractivity contribution in [1.82, 2.24) is 4.98 Å². The van der Waals surface area contributed by atoms with Gasteiger partial charge < -0.3 is 26.0 Å². The standard InChI is InChI=1S/C12H19N3O3/c13-10-3-4-11(14-5-9(17)6-16)15-12(10)18-7-8-1-2-8/h3-4,8-9,16-17H,1-2,5-7,13H2,(H,14,15). The van der Waals surface area contributed by atoms with Crippen LogP contribution < -0.4 is 15.8 Å². The van der Waals surface area contributed by atoms with E-state index in [1.807, 2.05) is 0 Å². The van der Waals surface area contributed by atoms with Gasteiger partial charge >= 0.3 is 0 Å². The van der Waals surface area contributed by atoms with Crippen molar-refractivity contribution < 1.29 is 14.9 Å². The first-order valence-corrected chi connectivity index (χ1v) is 6.11. The lowest BCUT2D eigenvalue weighted by Gasteiger charge is -2.12. The number of hydrogen-bond donors (Lipinski definition) is 4. The van der Waals surface area contributed by atoms with E-state index in [0.717, 1.165) is 0 Å². The minimum atomic E-state index is -0.805. The fraction of sp³-hybridized carbons (Fsp3) is 0.583. The molecule has 1 atom stereocenters. The van der Waals surface area contributed by atoms with Crippen LogP contribution >= 0.6 is 0 Å². The van der Waals surface area contributed by atoms with Crippen LogP contribution in [0.15, 0.2) is 12.1 Å². The highest BCUT2D eigenvalue weighted by Crippen LogP contribution is 2.30. The van der Waals surface area contributed by atoms with Gasteiger partial charge in [-0.05, 0) is 30.9 Å². The lowest BCUT2D eigenvalue weighted by molar-refractivity contribution is 0.105. The number of nitrogens with two attached hydrogens (primary N) is 1. The van der Waals surface area contributed by atoms with Gasteiger partial charge in [-0.2, -0.15) is 4.98 Å². The van der Waals surface area contributed by atoms with Crippen LogP contribution in [-0.4, -0.2) is 41.1 Å². The summed E-state index contributed by atoms with van der Waals surface area (Å²) in [5.41, 5.74) is 6.28. The molecule has 0 radical (unpaired) electrons. The topological polar surface area (TPSA) is 101 Å². The summed E-state index contributed by atoms with van der Waals surface area (Å²) in [6.07, 6.45) is 1.61. The lowest BCUT2D eigenvalue weighted by atomic mass is 10.3. The summed E-state index contributed by atoms with van der Waals surface area (Å²) in [5, 5.41) is 20.8. The molecule has 1 saturated carbocycles. The summed E-state index contributed by atoms with van der Waals surface area (Å²) in [5.74, 6) is 1.63. The molecule has 0 aromatic carbocycles.